The number of carbonyl (C=O) groups is 2. The molecule has 0 aromatic carbocycles. The van der Waals surface area contributed by atoms with Gasteiger partial charge < -0.3 is 15.7 Å². The van der Waals surface area contributed by atoms with Crippen LogP contribution in [0.25, 0.3) is 0 Å². The van der Waals surface area contributed by atoms with E-state index in [2.05, 4.69) is 10.6 Å². The van der Waals surface area contributed by atoms with Gasteiger partial charge in [-0.3, -0.25) is 9.59 Å². The number of nitrogens with one attached hydrogen (secondary N) is 2. The fourth-order valence-corrected chi connectivity index (χ4v) is 0.949. The maximum absolute atomic E-state index is 11.1. The van der Waals surface area contributed by atoms with Gasteiger partial charge in [0.25, 0.3) is 0 Å². The van der Waals surface area contributed by atoms with Crippen LogP contribution in [0.15, 0.2) is 0 Å². The molecule has 0 unspecified atom stereocenters. The van der Waals surface area contributed by atoms with Crippen molar-refractivity contribution in [2.45, 2.75) is 26.7 Å². The Morgan fingerprint density at radius 3 is 2.13 bits per heavy atom. The van der Waals surface area contributed by atoms with E-state index < -0.39 is 6.61 Å². The van der Waals surface area contributed by atoms with Crippen LogP contribution < -0.4 is 10.6 Å². The maximum Gasteiger partial charge on any atom is 0.245 e. The first kappa shape index (κ1) is 13.9. The molecule has 0 heterocycles. The van der Waals surface area contributed by atoms with Gasteiger partial charge in [0.15, 0.2) is 0 Å². The maximum atomic E-state index is 11.1. The molecule has 15 heavy (non-hydrogen) atoms. The molecule has 0 radical (unpaired) electrons. The highest BCUT2D eigenvalue weighted by molar-refractivity contribution is 5.77. The summed E-state index contributed by atoms with van der Waals surface area (Å²) in [6.07, 6.45) is 1.62. The Kier molecular flexibility index (Phi) is 7.62. The molecule has 5 heteroatoms. The molecule has 3 N–H and O–H groups in total. The van der Waals surface area contributed by atoms with Gasteiger partial charge in [0, 0.05) is 19.0 Å². The molecule has 0 fully saturated rings. The molecule has 0 rings (SSSR count). The highest BCUT2D eigenvalue weighted by atomic mass is 16.3. The van der Waals surface area contributed by atoms with E-state index in [0.717, 1.165) is 12.8 Å². The van der Waals surface area contributed by atoms with E-state index in [1.165, 1.54) is 0 Å². The topological polar surface area (TPSA) is 78.4 Å². The van der Waals surface area contributed by atoms with Crippen molar-refractivity contribution in [2.24, 2.45) is 5.92 Å². The predicted octanol–water partition coefficient (Wildman–Crippen LogP) is -0.353. The molecule has 0 aromatic heterocycles. The number of unbranched alkanes of at least 4 members (excludes halogenated alkanes) is 1. The third kappa shape index (κ3) is 7.93. The van der Waals surface area contributed by atoms with Crippen LogP contribution in [0.5, 0.6) is 0 Å². The second kappa shape index (κ2) is 8.23. The Hall–Kier alpha value is -1.10. The molecule has 88 valence electrons. The van der Waals surface area contributed by atoms with Crippen molar-refractivity contribution in [1.29, 1.82) is 0 Å². The smallest absolute Gasteiger partial charge is 0.245 e. The third-order valence-electron chi connectivity index (χ3n) is 1.89. The van der Waals surface area contributed by atoms with Gasteiger partial charge in [0.05, 0.1) is 0 Å². The molecule has 0 aromatic rings. The first-order chi connectivity index (χ1) is 7.07. The standard InChI is InChI=1S/C10H20N2O3/c1-8(2)10(15)12-6-4-3-5-11-9(14)7-13/h8,13H,3-7H2,1-2H3,(H,11,14)(H,12,15). The lowest BCUT2D eigenvalue weighted by Crippen LogP contribution is -2.30. The lowest BCUT2D eigenvalue weighted by atomic mass is 10.2. The van der Waals surface area contributed by atoms with Crippen LogP contribution in [0, 0.1) is 5.92 Å². The fraction of sp³-hybridized carbons (Fsp3) is 0.800. The molecule has 0 spiro atoms. The van der Waals surface area contributed by atoms with Gasteiger partial charge >= 0.3 is 0 Å². The minimum Gasteiger partial charge on any atom is -0.387 e. The molecule has 0 aliphatic rings. The van der Waals surface area contributed by atoms with E-state index >= 15 is 0 Å². The molecule has 0 aliphatic heterocycles. The van der Waals surface area contributed by atoms with Crippen LogP contribution in [0.1, 0.15) is 26.7 Å². The SMILES string of the molecule is CC(C)C(=O)NCCCCNC(=O)CO. The largest absolute Gasteiger partial charge is 0.387 e. The molecule has 0 atom stereocenters. The summed E-state index contributed by atoms with van der Waals surface area (Å²) < 4.78 is 0. The summed E-state index contributed by atoms with van der Waals surface area (Å²) in [6.45, 7) is 4.39. The van der Waals surface area contributed by atoms with Crippen molar-refractivity contribution in [1.82, 2.24) is 10.6 Å². The Morgan fingerprint density at radius 2 is 1.67 bits per heavy atom. The minimum atomic E-state index is -0.468. The Bertz CT molecular complexity index is 205. The molecule has 2 amide bonds. The van der Waals surface area contributed by atoms with Crippen molar-refractivity contribution in [2.75, 3.05) is 19.7 Å². The van der Waals surface area contributed by atoms with Crippen molar-refractivity contribution < 1.29 is 14.7 Å². The summed E-state index contributed by atoms with van der Waals surface area (Å²) in [7, 11) is 0. The van der Waals surface area contributed by atoms with Crippen molar-refractivity contribution >= 4 is 11.8 Å². The number of amides is 2. The van der Waals surface area contributed by atoms with E-state index in [1.807, 2.05) is 13.8 Å². The zero-order chi connectivity index (χ0) is 11.7. The number of aliphatic hydroxyl groups is 1. The molecule has 0 saturated carbocycles. The summed E-state index contributed by atoms with van der Waals surface area (Å²) in [5.74, 6) is -0.297. The van der Waals surface area contributed by atoms with Crippen LogP contribution in [-0.4, -0.2) is 36.6 Å². The molecule has 0 bridgehead atoms. The highest BCUT2D eigenvalue weighted by Gasteiger charge is 2.04. The number of hydrogen-bond donors (Lipinski definition) is 3. The monoisotopic (exact) mass is 216 g/mol. The van der Waals surface area contributed by atoms with Crippen LogP contribution in [-0.2, 0) is 9.59 Å². The van der Waals surface area contributed by atoms with Crippen LogP contribution in [0.2, 0.25) is 0 Å². The van der Waals surface area contributed by atoms with Crippen molar-refractivity contribution in [3.63, 3.8) is 0 Å². The first-order valence-electron chi connectivity index (χ1n) is 5.23. The summed E-state index contributed by atoms with van der Waals surface area (Å²) in [4.78, 5) is 21.7. The Morgan fingerprint density at radius 1 is 1.13 bits per heavy atom. The molecule has 0 saturated heterocycles. The summed E-state index contributed by atoms with van der Waals surface area (Å²) >= 11 is 0. The van der Waals surface area contributed by atoms with E-state index in [0.29, 0.717) is 13.1 Å². The minimum absolute atomic E-state index is 0.0130. The van der Waals surface area contributed by atoms with Gasteiger partial charge in [-0.1, -0.05) is 13.8 Å². The number of rotatable bonds is 7. The lowest BCUT2D eigenvalue weighted by Gasteiger charge is -2.07. The number of hydrogen-bond acceptors (Lipinski definition) is 3. The second-order valence-electron chi connectivity index (χ2n) is 3.66. The molecular weight excluding hydrogens is 196 g/mol. The Labute approximate surface area is 90.2 Å². The van der Waals surface area contributed by atoms with E-state index in [1.54, 1.807) is 0 Å². The molecular formula is C10H20N2O3. The molecule has 5 nitrogen and oxygen atoms in total. The third-order valence-corrected chi connectivity index (χ3v) is 1.89. The predicted molar refractivity (Wildman–Crippen MR) is 57.2 cm³/mol. The van der Waals surface area contributed by atoms with Gasteiger partial charge in [0.2, 0.25) is 11.8 Å². The summed E-state index contributed by atoms with van der Waals surface area (Å²) in [5.41, 5.74) is 0. The van der Waals surface area contributed by atoms with Crippen LogP contribution >= 0.6 is 0 Å². The van der Waals surface area contributed by atoms with Crippen molar-refractivity contribution in [3.8, 4) is 0 Å². The highest BCUT2D eigenvalue weighted by Crippen LogP contribution is 1.91. The van der Waals surface area contributed by atoms with Crippen molar-refractivity contribution in [3.05, 3.63) is 0 Å². The zero-order valence-corrected chi connectivity index (χ0v) is 9.38. The zero-order valence-electron chi connectivity index (χ0n) is 9.38. The fourth-order valence-electron chi connectivity index (χ4n) is 0.949. The van der Waals surface area contributed by atoms with E-state index in [-0.39, 0.29) is 17.7 Å². The summed E-state index contributed by atoms with van der Waals surface area (Å²) in [6, 6.07) is 0. The van der Waals surface area contributed by atoms with Crippen LogP contribution in [0.4, 0.5) is 0 Å². The average Bonchev–Trinajstić information content (AvgIpc) is 2.22. The Balaban J connectivity index is 3.25. The van der Waals surface area contributed by atoms with Gasteiger partial charge in [0.1, 0.15) is 6.61 Å². The second-order valence-corrected chi connectivity index (χ2v) is 3.66. The van der Waals surface area contributed by atoms with E-state index in [9.17, 15) is 9.59 Å². The normalized spacial score (nSPS) is 10.1. The van der Waals surface area contributed by atoms with Gasteiger partial charge in [-0.15, -0.1) is 0 Å². The molecule has 0 aliphatic carbocycles. The van der Waals surface area contributed by atoms with Gasteiger partial charge in [-0.2, -0.15) is 0 Å². The number of aliphatic hydroxyl groups excluding tert-OH is 1. The lowest BCUT2D eigenvalue weighted by molar-refractivity contribution is -0.124. The average molecular weight is 216 g/mol. The number of carbonyl (C=O) groups excluding carboxylic acids is 2. The van der Waals surface area contributed by atoms with E-state index in [4.69, 9.17) is 5.11 Å². The first-order valence-corrected chi connectivity index (χ1v) is 5.23. The van der Waals surface area contributed by atoms with Gasteiger partial charge in [-0.05, 0) is 12.8 Å². The van der Waals surface area contributed by atoms with Gasteiger partial charge in [-0.25, -0.2) is 0 Å². The summed E-state index contributed by atoms with van der Waals surface area (Å²) in [5, 5.41) is 13.7. The van der Waals surface area contributed by atoms with Crippen LogP contribution in [0.3, 0.4) is 0 Å². The quantitative estimate of drug-likeness (QED) is 0.509.